The molecule has 0 bridgehead atoms. The molecule has 138 valence electrons. The molecule has 24 heavy (non-hydrogen) atoms. The van der Waals surface area contributed by atoms with Crippen molar-refractivity contribution in [2.24, 2.45) is 0 Å². The first-order valence-electron chi connectivity index (χ1n) is 8.31. The van der Waals surface area contributed by atoms with E-state index >= 15 is 0 Å². The van der Waals surface area contributed by atoms with Gasteiger partial charge in [0.1, 0.15) is 11.8 Å². The molecule has 8 nitrogen and oxygen atoms in total. The number of hydrogen-bond donors (Lipinski definition) is 3. The molecule has 0 aliphatic rings. The van der Waals surface area contributed by atoms with Crippen LogP contribution in [0.25, 0.3) is 0 Å². The second kappa shape index (κ2) is 13.5. The first-order chi connectivity index (χ1) is 11.4. The molecular weight excluding hydrogens is 314 g/mol. The number of ketones is 1. The van der Waals surface area contributed by atoms with E-state index in [1.54, 1.807) is 13.8 Å². The van der Waals surface area contributed by atoms with Gasteiger partial charge in [0.25, 0.3) is 0 Å². The summed E-state index contributed by atoms with van der Waals surface area (Å²) in [5, 5.41) is 7.99. The van der Waals surface area contributed by atoms with Crippen LogP contribution in [-0.2, 0) is 23.9 Å². The highest BCUT2D eigenvalue weighted by molar-refractivity contribution is 5.87. The van der Waals surface area contributed by atoms with E-state index in [-0.39, 0.29) is 36.5 Å². The topological polar surface area (TPSA) is 114 Å². The van der Waals surface area contributed by atoms with Gasteiger partial charge in [0.05, 0.1) is 13.2 Å². The Kier molecular flexibility index (Phi) is 12.4. The van der Waals surface area contributed by atoms with E-state index in [0.29, 0.717) is 39.0 Å². The van der Waals surface area contributed by atoms with Gasteiger partial charge >= 0.3 is 0 Å². The number of ether oxygens (including phenoxy) is 1. The maximum atomic E-state index is 12.1. The fourth-order valence-corrected chi connectivity index (χ4v) is 1.73. The van der Waals surface area contributed by atoms with Crippen molar-refractivity contribution < 1.29 is 23.9 Å². The van der Waals surface area contributed by atoms with Crippen molar-refractivity contribution >= 4 is 23.5 Å². The zero-order chi connectivity index (χ0) is 18.4. The second-order valence-electron chi connectivity index (χ2n) is 5.32. The van der Waals surface area contributed by atoms with Crippen LogP contribution in [0.2, 0.25) is 0 Å². The number of carbonyl (C=O) groups excluding carboxylic acids is 4. The molecule has 0 radical (unpaired) electrons. The third-order valence-electron chi connectivity index (χ3n) is 3.19. The van der Waals surface area contributed by atoms with E-state index in [1.807, 2.05) is 0 Å². The molecule has 0 spiro atoms. The van der Waals surface area contributed by atoms with Crippen LogP contribution in [0.4, 0.5) is 0 Å². The molecular formula is C16H29N3O5. The van der Waals surface area contributed by atoms with Gasteiger partial charge < -0.3 is 20.7 Å². The largest absolute Gasteiger partial charge is 0.379 e. The minimum Gasteiger partial charge on any atom is -0.379 e. The molecule has 0 heterocycles. The summed E-state index contributed by atoms with van der Waals surface area (Å²) in [4.78, 5) is 45.6. The summed E-state index contributed by atoms with van der Waals surface area (Å²) in [6.07, 6.45) is 1.31. The van der Waals surface area contributed by atoms with Crippen molar-refractivity contribution in [2.75, 3.05) is 26.3 Å². The van der Waals surface area contributed by atoms with Crippen LogP contribution in [0.3, 0.4) is 0 Å². The molecule has 3 N–H and O–H groups in total. The first-order valence-corrected chi connectivity index (χ1v) is 8.31. The fraction of sp³-hybridized carbons (Fsp3) is 0.750. The Morgan fingerprint density at radius 1 is 0.917 bits per heavy atom. The van der Waals surface area contributed by atoms with Gasteiger partial charge in [0.15, 0.2) is 0 Å². The van der Waals surface area contributed by atoms with Gasteiger partial charge in [-0.15, -0.1) is 0 Å². The molecule has 0 saturated heterocycles. The zero-order valence-electron chi connectivity index (χ0n) is 14.8. The van der Waals surface area contributed by atoms with E-state index in [1.165, 1.54) is 6.92 Å². The highest BCUT2D eigenvalue weighted by Crippen LogP contribution is 1.94. The molecule has 0 rings (SSSR count). The Hall–Kier alpha value is -1.96. The average Bonchev–Trinajstić information content (AvgIpc) is 2.55. The molecule has 1 atom stereocenters. The highest BCUT2D eigenvalue weighted by atomic mass is 16.5. The van der Waals surface area contributed by atoms with Crippen LogP contribution in [0.5, 0.6) is 0 Å². The van der Waals surface area contributed by atoms with E-state index in [0.717, 1.165) is 0 Å². The number of amides is 3. The smallest absolute Gasteiger partial charge is 0.242 e. The lowest BCUT2D eigenvalue weighted by molar-refractivity contribution is -0.129. The van der Waals surface area contributed by atoms with E-state index in [4.69, 9.17) is 4.74 Å². The van der Waals surface area contributed by atoms with Gasteiger partial charge in [0.2, 0.25) is 17.7 Å². The number of rotatable bonds is 13. The third-order valence-corrected chi connectivity index (χ3v) is 3.19. The standard InChI is InChI=1S/C16H29N3O5/c1-4-14(21)17-8-6-13(19-15(22)5-2)16(23)18-9-11-24-10-7-12(3)20/h13H,4-11H2,1-3H3,(H,17,21)(H,18,23)(H,19,22). The lowest BCUT2D eigenvalue weighted by atomic mass is 10.1. The van der Waals surface area contributed by atoms with Crippen molar-refractivity contribution in [1.82, 2.24) is 16.0 Å². The Labute approximate surface area is 143 Å². The van der Waals surface area contributed by atoms with Gasteiger partial charge in [0, 0.05) is 32.4 Å². The van der Waals surface area contributed by atoms with Gasteiger partial charge in [-0.3, -0.25) is 19.2 Å². The molecule has 0 aliphatic carbocycles. The Bertz CT molecular complexity index is 426. The van der Waals surface area contributed by atoms with Crippen LogP contribution >= 0.6 is 0 Å². The normalized spacial score (nSPS) is 11.5. The molecule has 0 aliphatic heterocycles. The molecule has 0 fully saturated rings. The molecule has 0 aromatic carbocycles. The molecule has 3 amide bonds. The van der Waals surface area contributed by atoms with Crippen LogP contribution in [0, 0.1) is 0 Å². The van der Waals surface area contributed by atoms with E-state index in [9.17, 15) is 19.2 Å². The SMILES string of the molecule is CCC(=O)NCCC(NC(=O)CC)C(=O)NCCOCCC(C)=O. The maximum Gasteiger partial charge on any atom is 0.242 e. The Balaban J connectivity index is 4.18. The summed E-state index contributed by atoms with van der Waals surface area (Å²) < 4.78 is 5.22. The number of carbonyl (C=O) groups is 4. The van der Waals surface area contributed by atoms with Gasteiger partial charge in [-0.2, -0.15) is 0 Å². The third kappa shape index (κ3) is 11.6. The molecule has 0 aromatic heterocycles. The van der Waals surface area contributed by atoms with Crippen LogP contribution < -0.4 is 16.0 Å². The van der Waals surface area contributed by atoms with Crippen molar-refractivity contribution in [3.8, 4) is 0 Å². The molecule has 1 unspecified atom stereocenters. The van der Waals surface area contributed by atoms with Gasteiger partial charge in [-0.05, 0) is 13.3 Å². The van der Waals surface area contributed by atoms with Gasteiger partial charge in [-0.25, -0.2) is 0 Å². The summed E-state index contributed by atoms with van der Waals surface area (Å²) >= 11 is 0. The van der Waals surface area contributed by atoms with E-state index < -0.39 is 6.04 Å². The number of nitrogens with one attached hydrogen (secondary N) is 3. The monoisotopic (exact) mass is 343 g/mol. The summed E-state index contributed by atoms with van der Waals surface area (Å²) in [5.41, 5.74) is 0. The van der Waals surface area contributed by atoms with Crippen molar-refractivity contribution in [3.63, 3.8) is 0 Å². The quantitative estimate of drug-likeness (QED) is 0.404. The number of Topliss-reactive ketones (excluding diaryl/α,β-unsaturated/α-hetero) is 1. The van der Waals surface area contributed by atoms with Crippen molar-refractivity contribution in [1.29, 1.82) is 0 Å². The number of hydrogen-bond acceptors (Lipinski definition) is 5. The molecule has 0 aromatic rings. The lowest BCUT2D eigenvalue weighted by Gasteiger charge is -2.18. The molecule has 0 saturated carbocycles. The van der Waals surface area contributed by atoms with Crippen LogP contribution in [0.15, 0.2) is 0 Å². The minimum atomic E-state index is -0.702. The first kappa shape index (κ1) is 22.0. The summed E-state index contributed by atoms with van der Waals surface area (Å²) in [7, 11) is 0. The predicted octanol–water partition coefficient (Wildman–Crippen LogP) is -0.0906. The minimum absolute atomic E-state index is 0.0514. The van der Waals surface area contributed by atoms with Crippen molar-refractivity contribution in [2.45, 2.75) is 52.5 Å². The lowest BCUT2D eigenvalue weighted by Crippen LogP contribution is -2.48. The van der Waals surface area contributed by atoms with Crippen molar-refractivity contribution in [3.05, 3.63) is 0 Å². The summed E-state index contributed by atoms with van der Waals surface area (Å²) in [6, 6.07) is -0.702. The summed E-state index contributed by atoms with van der Waals surface area (Å²) in [5.74, 6) is -0.599. The Morgan fingerprint density at radius 2 is 1.58 bits per heavy atom. The van der Waals surface area contributed by atoms with E-state index in [2.05, 4.69) is 16.0 Å². The second-order valence-corrected chi connectivity index (χ2v) is 5.32. The summed E-state index contributed by atoms with van der Waals surface area (Å²) in [6.45, 7) is 6.14. The molecule has 8 heteroatoms. The average molecular weight is 343 g/mol. The van der Waals surface area contributed by atoms with Crippen LogP contribution in [0.1, 0.15) is 46.5 Å². The Morgan fingerprint density at radius 3 is 2.17 bits per heavy atom. The van der Waals surface area contributed by atoms with Crippen LogP contribution in [-0.4, -0.2) is 55.8 Å². The maximum absolute atomic E-state index is 12.1. The fourth-order valence-electron chi connectivity index (χ4n) is 1.73. The highest BCUT2D eigenvalue weighted by Gasteiger charge is 2.19. The zero-order valence-corrected chi connectivity index (χ0v) is 14.8. The predicted molar refractivity (Wildman–Crippen MR) is 89.3 cm³/mol. The van der Waals surface area contributed by atoms with Gasteiger partial charge in [-0.1, -0.05) is 13.8 Å².